The van der Waals surface area contributed by atoms with Gasteiger partial charge in [0.05, 0.1) is 35.7 Å². The number of hydrogen-bond donors (Lipinski definition) is 1. The largest absolute Gasteiger partial charge is 0.471 e. The number of fused-ring (bicyclic) bond motifs is 1. The van der Waals surface area contributed by atoms with Crippen LogP contribution < -0.4 is 10.1 Å². The van der Waals surface area contributed by atoms with Crippen LogP contribution in [0.4, 0.5) is 5.69 Å². The molecule has 0 spiro atoms. The van der Waals surface area contributed by atoms with Crippen LogP contribution in [-0.4, -0.2) is 40.1 Å². The fourth-order valence-electron chi connectivity index (χ4n) is 3.85. The van der Waals surface area contributed by atoms with Crippen LogP contribution in [0.25, 0.3) is 16.9 Å². The predicted molar refractivity (Wildman–Crippen MR) is 131 cm³/mol. The lowest BCUT2D eigenvalue weighted by molar-refractivity contribution is 0.102. The topological polar surface area (TPSA) is 104 Å². The highest BCUT2D eigenvalue weighted by atomic mass is 16.5. The van der Waals surface area contributed by atoms with Gasteiger partial charge in [-0.1, -0.05) is 19.1 Å². The molecule has 1 aromatic carbocycles. The summed E-state index contributed by atoms with van der Waals surface area (Å²) in [5.41, 5.74) is 5.29. The summed E-state index contributed by atoms with van der Waals surface area (Å²) in [4.78, 5) is 17.4. The first-order chi connectivity index (χ1) is 17.1. The van der Waals surface area contributed by atoms with Crippen LogP contribution in [0.3, 0.4) is 0 Å². The molecule has 35 heavy (non-hydrogen) atoms. The molecule has 0 atom stereocenters. The zero-order valence-corrected chi connectivity index (χ0v) is 19.8. The van der Waals surface area contributed by atoms with Crippen LogP contribution in [0, 0.1) is 6.92 Å². The zero-order chi connectivity index (χ0) is 24.4. The second kappa shape index (κ2) is 9.41. The van der Waals surface area contributed by atoms with E-state index in [2.05, 4.69) is 32.5 Å². The van der Waals surface area contributed by atoms with Gasteiger partial charge in [0.1, 0.15) is 11.3 Å². The third-order valence-electron chi connectivity index (χ3n) is 5.78. The standard InChI is InChI=1S/C25H26N8O2/c1-4-18-6-8-20(9-7-18)35-16-32-14-19(12-27-32)29-25(34)21-13-28-33-23(10-11-26-24(21)33)22-15-31(5-2)30-17(22)3/h6-15H,4-5,16H2,1-3H3,(H,29,34). The number of carbonyl (C=O) groups excluding carboxylic acids is 1. The molecule has 0 saturated carbocycles. The molecule has 4 heterocycles. The first-order valence-corrected chi connectivity index (χ1v) is 11.5. The summed E-state index contributed by atoms with van der Waals surface area (Å²) in [7, 11) is 0. The number of amides is 1. The van der Waals surface area contributed by atoms with Crippen molar-refractivity contribution in [1.82, 2.24) is 34.2 Å². The maximum absolute atomic E-state index is 13.0. The number of rotatable bonds is 8. The van der Waals surface area contributed by atoms with E-state index >= 15 is 0 Å². The molecule has 4 aromatic heterocycles. The molecule has 178 valence electrons. The van der Waals surface area contributed by atoms with Crippen molar-refractivity contribution in [2.24, 2.45) is 0 Å². The Morgan fingerprint density at radius 1 is 1.03 bits per heavy atom. The molecule has 10 heteroatoms. The normalized spacial score (nSPS) is 11.2. The number of ether oxygens (including phenoxy) is 1. The molecule has 5 rings (SSSR count). The van der Waals surface area contributed by atoms with Crippen LogP contribution >= 0.6 is 0 Å². The van der Waals surface area contributed by atoms with Crippen LogP contribution in [0.15, 0.2) is 61.3 Å². The number of aromatic nitrogens is 7. The van der Waals surface area contributed by atoms with E-state index in [1.54, 1.807) is 27.8 Å². The van der Waals surface area contributed by atoms with E-state index < -0.39 is 0 Å². The maximum Gasteiger partial charge on any atom is 0.261 e. The lowest BCUT2D eigenvalue weighted by Gasteiger charge is -2.06. The lowest BCUT2D eigenvalue weighted by Crippen LogP contribution is -2.12. The van der Waals surface area contributed by atoms with Crippen LogP contribution in [0.2, 0.25) is 0 Å². The van der Waals surface area contributed by atoms with E-state index in [-0.39, 0.29) is 12.6 Å². The summed E-state index contributed by atoms with van der Waals surface area (Å²) in [6, 6.07) is 9.82. The summed E-state index contributed by atoms with van der Waals surface area (Å²) < 4.78 is 10.9. The van der Waals surface area contributed by atoms with Gasteiger partial charge >= 0.3 is 0 Å². The summed E-state index contributed by atoms with van der Waals surface area (Å²) in [6.45, 7) is 7.10. The van der Waals surface area contributed by atoms with E-state index in [0.29, 0.717) is 16.9 Å². The quantitative estimate of drug-likeness (QED) is 0.368. The van der Waals surface area contributed by atoms with Gasteiger partial charge in [-0.15, -0.1) is 0 Å². The van der Waals surface area contributed by atoms with Crippen LogP contribution in [0.5, 0.6) is 5.75 Å². The Kier molecular flexibility index (Phi) is 6.01. The Labute approximate surface area is 202 Å². The van der Waals surface area contributed by atoms with Crippen molar-refractivity contribution < 1.29 is 9.53 Å². The van der Waals surface area contributed by atoms with Gasteiger partial charge in [-0.05, 0) is 44.0 Å². The molecule has 0 aliphatic heterocycles. The van der Waals surface area contributed by atoms with Crippen LogP contribution in [-0.2, 0) is 19.7 Å². The van der Waals surface area contributed by atoms with Gasteiger partial charge < -0.3 is 10.1 Å². The fraction of sp³-hybridized carbons (Fsp3) is 0.240. The van der Waals surface area contributed by atoms with Crippen molar-refractivity contribution in [2.75, 3.05) is 5.32 Å². The van der Waals surface area contributed by atoms with Crippen molar-refractivity contribution in [3.05, 3.63) is 78.1 Å². The van der Waals surface area contributed by atoms with E-state index in [0.717, 1.165) is 35.7 Å². The van der Waals surface area contributed by atoms with Crippen molar-refractivity contribution in [3.8, 4) is 17.0 Å². The van der Waals surface area contributed by atoms with Crippen molar-refractivity contribution >= 4 is 17.2 Å². The Hall–Kier alpha value is -4.47. The molecule has 0 aliphatic carbocycles. The number of nitrogens with zero attached hydrogens (tertiary/aromatic N) is 7. The summed E-state index contributed by atoms with van der Waals surface area (Å²) in [6.07, 6.45) is 9.44. The van der Waals surface area contributed by atoms with Gasteiger partial charge in [-0.2, -0.15) is 15.3 Å². The molecule has 5 aromatic rings. The third kappa shape index (κ3) is 4.50. The Balaban J connectivity index is 1.30. The van der Waals surface area contributed by atoms with E-state index in [9.17, 15) is 4.79 Å². The van der Waals surface area contributed by atoms with E-state index in [1.165, 1.54) is 11.8 Å². The number of anilines is 1. The number of carbonyl (C=O) groups is 1. The molecule has 0 aliphatic rings. The van der Waals surface area contributed by atoms with Crippen molar-refractivity contribution in [2.45, 2.75) is 40.5 Å². The second-order valence-electron chi connectivity index (χ2n) is 8.10. The first kappa shape index (κ1) is 22.3. The molecule has 1 amide bonds. The summed E-state index contributed by atoms with van der Waals surface area (Å²) in [5, 5.41) is 16.1. The minimum atomic E-state index is -0.318. The Morgan fingerprint density at radius 2 is 1.86 bits per heavy atom. The maximum atomic E-state index is 13.0. The molecule has 1 N–H and O–H groups in total. The van der Waals surface area contributed by atoms with Crippen molar-refractivity contribution in [1.29, 1.82) is 0 Å². The minimum absolute atomic E-state index is 0.230. The van der Waals surface area contributed by atoms with Gasteiger partial charge in [0.25, 0.3) is 5.91 Å². The number of benzene rings is 1. The SMILES string of the molecule is CCc1ccc(OCn2cc(NC(=O)c3cnn4c(-c5cn(CC)nc5C)ccnc34)cn2)cc1. The molecule has 0 unspecified atom stereocenters. The average Bonchev–Trinajstić information content (AvgIpc) is 3.61. The molecule has 0 radical (unpaired) electrons. The Bertz CT molecular complexity index is 1480. The molecular formula is C25H26N8O2. The van der Waals surface area contributed by atoms with Gasteiger partial charge in [-0.25, -0.2) is 14.2 Å². The highest BCUT2D eigenvalue weighted by Crippen LogP contribution is 2.24. The monoisotopic (exact) mass is 470 g/mol. The molecule has 10 nitrogen and oxygen atoms in total. The Morgan fingerprint density at radius 3 is 2.60 bits per heavy atom. The first-order valence-electron chi connectivity index (χ1n) is 11.5. The van der Waals surface area contributed by atoms with Crippen LogP contribution in [0.1, 0.15) is 35.5 Å². The smallest absolute Gasteiger partial charge is 0.261 e. The number of nitrogens with one attached hydrogen (secondary N) is 1. The van der Waals surface area contributed by atoms with Gasteiger partial charge in [0.2, 0.25) is 0 Å². The minimum Gasteiger partial charge on any atom is -0.471 e. The van der Waals surface area contributed by atoms with E-state index in [4.69, 9.17) is 4.74 Å². The summed E-state index contributed by atoms with van der Waals surface area (Å²) >= 11 is 0. The van der Waals surface area contributed by atoms with Gasteiger partial charge in [-0.3, -0.25) is 9.48 Å². The highest BCUT2D eigenvalue weighted by Gasteiger charge is 2.18. The molecule has 0 fully saturated rings. The molecule has 0 saturated heterocycles. The third-order valence-corrected chi connectivity index (χ3v) is 5.78. The van der Waals surface area contributed by atoms with Gasteiger partial charge in [0, 0.05) is 24.5 Å². The van der Waals surface area contributed by atoms with E-state index in [1.807, 2.05) is 55.1 Å². The molecule has 0 bridgehead atoms. The highest BCUT2D eigenvalue weighted by molar-refractivity contribution is 6.08. The molecular weight excluding hydrogens is 444 g/mol. The zero-order valence-electron chi connectivity index (χ0n) is 19.8. The lowest BCUT2D eigenvalue weighted by atomic mass is 10.2. The predicted octanol–water partition coefficient (Wildman–Crippen LogP) is 3.97. The number of aryl methyl sites for hydroxylation is 3. The van der Waals surface area contributed by atoms with Crippen molar-refractivity contribution in [3.63, 3.8) is 0 Å². The van der Waals surface area contributed by atoms with Gasteiger partial charge in [0.15, 0.2) is 12.4 Å². The summed E-state index contributed by atoms with van der Waals surface area (Å²) in [5.74, 6) is 0.442. The second-order valence-corrected chi connectivity index (χ2v) is 8.10. The average molecular weight is 471 g/mol. The number of hydrogen-bond acceptors (Lipinski definition) is 6. The fourth-order valence-corrected chi connectivity index (χ4v) is 3.85.